The number of aromatic nitrogens is 1. The number of para-hydroxylation sites is 1. The summed E-state index contributed by atoms with van der Waals surface area (Å²) in [5, 5.41) is 5.95. The number of pyridine rings is 1. The number of nitrogens with one attached hydrogen (secondary N) is 2. The molecule has 0 unspecified atom stereocenters. The normalized spacial score (nSPS) is 11.6. The van der Waals surface area contributed by atoms with E-state index in [4.69, 9.17) is 0 Å². The summed E-state index contributed by atoms with van der Waals surface area (Å²) in [5.74, 6) is 0.0278. The van der Waals surface area contributed by atoms with E-state index in [1.165, 1.54) is 12.4 Å². The first-order chi connectivity index (χ1) is 13.0. The molecule has 0 bridgehead atoms. The van der Waals surface area contributed by atoms with Crippen LogP contribution >= 0.6 is 0 Å². The van der Waals surface area contributed by atoms with E-state index in [-0.39, 0.29) is 29.2 Å². The molecule has 1 aromatic carbocycles. The van der Waals surface area contributed by atoms with Gasteiger partial charge in [-0.3, -0.25) is 14.6 Å². The third-order valence-corrected chi connectivity index (χ3v) is 4.36. The number of carbonyl (C=O) groups is 2. The van der Waals surface area contributed by atoms with Crippen LogP contribution in [0.4, 0.5) is 5.69 Å². The predicted octanol–water partition coefficient (Wildman–Crippen LogP) is 5.11. The number of nitrogens with zero attached hydrogens (tertiary/aromatic N) is 1. The first-order valence-corrected chi connectivity index (χ1v) is 9.71. The smallest absolute Gasteiger partial charge is 0.257 e. The first kappa shape index (κ1) is 21.6. The van der Waals surface area contributed by atoms with Crippen molar-refractivity contribution in [3.63, 3.8) is 0 Å². The summed E-state index contributed by atoms with van der Waals surface area (Å²) < 4.78 is 0. The number of benzene rings is 1. The van der Waals surface area contributed by atoms with Gasteiger partial charge in [-0.25, -0.2) is 0 Å². The van der Waals surface area contributed by atoms with Gasteiger partial charge in [0.15, 0.2) is 0 Å². The van der Waals surface area contributed by atoms with Crippen LogP contribution < -0.4 is 10.6 Å². The lowest BCUT2D eigenvalue weighted by Gasteiger charge is -2.21. The molecule has 2 N–H and O–H groups in total. The van der Waals surface area contributed by atoms with Gasteiger partial charge in [-0.05, 0) is 49.8 Å². The van der Waals surface area contributed by atoms with E-state index in [1.807, 2.05) is 39.0 Å². The van der Waals surface area contributed by atoms with Gasteiger partial charge in [0.1, 0.15) is 0 Å². The van der Waals surface area contributed by atoms with Crippen molar-refractivity contribution in [2.45, 2.75) is 65.8 Å². The molecule has 2 rings (SSSR count). The molecular formula is C23H31N3O2. The molecule has 5 heteroatoms. The third-order valence-electron chi connectivity index (χ3n) is 4.36. The molecule has 0 aliphatic heterocycles. The van der Waals surface area contributed by atoms with E-state index >= 15 is 0 Å². The van der Waals surface area contributed by atoms with Gasteiger partial charge in [-0.2, -0.15) is 0 Å². The van der Waals surface area contributed by atoms with Crippen LogP contribution in [0.25, 0.3) is 0 Å². The van der Waals surface area contributed by atoms with Gasteiger partial charge in [0, 0.05) is 23.6 Å². The molecule has 0 saturated heterocycles. The second-order valence-electron chi connectivity index (χ2n) is 8.74. The van der Waals surface area contributed by atoms with Crippen molar-refractivity contribution < 1.29 is 9.59 Å². The lowest BCUT2D eigenvalue weighted by atomic mass is 9.92. The molecule has 0 aliphatic rings. The minimum absolute atomic E-state index is 0.250. The van der Waals surface area contributed by atoms with Gasteiger partial charge >= 0.3 is 0 Å². The zero-order valence-corrected chi connectivity index (χ0v) is 17.9. The zero-order valence-electron chi connectivity index (χ0n) is 17.9. The van der Waals surface area contributed by atoms with Crippen LogP contribution in [0.3, 0.4) is 0 Å². The highest BCUT2D eigenvalue weighted by molar-refractivity contribution is 6.06. The minimum atomic E-state index is -0.363. The molecule has 28 heavy (non-hydrogen) atoms. The minimum Gasteiger partial charge on any atom is -0.347 e. The van der Waals surface area contributed by atoms with Crippen molar-refractivity contribution in [2.24, 2.45) is 0 Å². The van der Waals surface area contributed by atoms with Crippen molar-refractivity contribution in [3.05, 3.63) is 58.9 Å². The summed E-state index contributed by atoms with van der Waals surface area (Å²) in [6.45, 7) is 14.1. The van der Waals surface area contributed by atoms with Crippen LogP contribution in [0, 0.1) is 0 Å². The summed E-state index contributed by atoms with van der Waals surface area (Å²) >= 11 is 0. The van der Waals surface area contributed by atoms with Crippen LogP contribution in [-0.2, 0) is 0 Å². The Hall–Kier alpha value is -2.69. The fourth-order valence-corrected chi connectivity index (χ4v) is 2.98. The van der Waals surface area contributed by atoms with Crippen LogP contribution in [0.2, 0.25) is 0 Å². The van der Waals surface area contributed by atoms with Crippen molar-refractivity contribution in [2.75, 3.05) is 5.32 Å². The van der Waals surface area contributed by atoms with E-state index < -0.39 is 0 Å². The Morgan fingerprint density at radius 1 is 0.893 bits per heavy atom. The van der Waals surface area contributed by atoms with E-state index in [0.717, 1.165) is 16.8 Å². The monoisotopic (exact) mass is 381 g/mol. The Bertz CT molecular complexity index is 838. The molecule has 0 radical (unpaired) electrons. The quantitative estimate of drug-likeness (QED) is 0.756. The highest BCUT2D eigenvalue weighted by atomic mass is 16.2. The second kappa shape index (κ2) is 8.55. The predicted molar refractivity (Wildman–Crippen MR) is 114 cm³/mol. The Morgan fingerprint density at radius 2 is 1.39 bits per heavy atom. The van der Waals surface area contributed by atoms with Crippen molar-refractivity contribution >= 4 is 17.5 Å². The molecule has 0 atom stereocenters. The highest BCUT2D eigenvalue weighted by Gasteiger charge is 2.19. The van der Waals surface area contributed by atoms with Gasteiger partial charge in [0.25, 0.3) is 11.8 Å². The third kappa shape index (κ3) is 5.41. The van der Waals surface area contributed by atoms with Crippen LogP contribution in [-0.4, -0.2) is 22.3 Å². The van der Waals surface area contributed by atoms with E-state index in [2.05, 4.69) is 43.3 Å². The largest absolute Gasteiger partial charge is 0.347 e. The van der Waals surface area contributed by atoms with Crippen molar-refractivity contribution in [3.8, 4) is 0 Å². The number of amides is 2. The maximum atomic E-state index is 12.9. The average molecular weight is 382 g/mol. The molecule has 0 fully saturated rings. The lowest BCUT2D eigenvalue weighted by Crippen LogP contribution is -2.40. The Kier molecular flexibility index (Phi) is 6.60. The molecule has 5 nitrogen and oxygen atoms in total. The number of carbonyl (C=O) groups excluding carboxylic acids is 2. The van der Waals surface area contributed by atoms with Gasteiger partial charge in [0.2, 0.25) is 0 Å². The Labute approximate surface area is 168 Å². The zero-order chi connectivity index (χ0) is 21.1. The molecule has 2 amide bonds. The molecule has 0 aliphatic carbocycles. The van der Waals surface area contributed by atoms with E-state index in [9.17, 15) is 9.59 Å². The van der Waals surface area contributed by atoms with Gasteiger partial charge in [-0.15, -0.1) is 0 Å². The van der Waals surface area contributed by atoms with Crippen molar-refractivity contribution in [1.82, 2.24) is 10.3 Å². The van der Waals surface area contributed by atoms with Gasteiger partial charge in [0.05, 0.1) is 11.1 Å². The maximum absolute atomic E-state index is 12.9. The molecule has 2 aromatic rings. The summed E-state index contributed by atoms with van der Waals surface area (Å²) in [4.78, 5) is 29.4. The van der Waals surface area contributed by atoms with E-state index in [0.29, 0.717) is 11.1 Å². The van der Waals surface area contributed by atoms with Crippen LogP contribution in [0.5, 0.6) is 0 Å². The summed E-state index contributed by atoms with van der Waals surface area (Å²) in [6.07, 6.45) is 2.95. The van der Waals surface area contributed by atoms with Crippen LogP contribution in [0.15, 0.2) is 36.7 Å². The molecule has 1 heterocycles. The topological polar surface area (TPSA) is 71.1 Å². The SMILES string of the molecule is CC(C)c1cccc(C(C)C)c1NC(=O)c1cncc(C(=O)NC(C)(C)C)c1. The summed E-state index contributed by atoms with van der Waals surface area (Å²) in [6, 6.07) is 7.69. The molecule has 0 saturated carbocycles. The first-order valence-electron chi connectivity index (χ1n) is 9.71. The Morgan fingerprint density at radius 3 is 1.86 bits per heavy atom. The number of hydrogen-bond acceptors (Lipinski definition) is 3. The number of hydrogen-bond donors (Lipinski definition) is 2. The second-order valence-corrected chi connectivity index (χ2v) is 8.74. The van der Waals surface area contributed by atoms with Crippen LogP contribution in [0.1, 0.15) is 92.1 Å². The lowest BCUT2D eigenvalue weighted by molar-refractivity contribution is 0.0919. The van der Waals surface area contributed by atoms with Gasteiger partial charge in [-0.1, -0.05) is 45.9 Å². The fraction of sp³-hybridized carbons (Fsp3) is 0.435. The molecule has 150 valence electrons. The average Bonchev–Trinajstić information content (AvgIpc) is 2.60. The van der Waals surface area contributed by atoms with Gasteiger partial charge < -0.3 is 10.6 Å². The number of rotatable bonds is 5. The Balaban J connectivity index is 2.34. The number of anilines is 1. The molecule has 1 aromatic heterocycles. The summed E-state index contributed by atoms with van der Waals surface area (Å²) in [7, 11) is 0. The van der Waals surface area contributed by atoms with Crippen molar-refractivity contribution in [1.29, 1.82) is 0 Å². The maximum Gasteiger partial charge on any atom is 0.257 e. The molecule has 0 spiro atoms. The summed E-state index contributed by atoms with van der Waals surface area (Å²) in [5.41, 5.74) is 3.39. The molecular weight excluding hydrogens is 350 g/mol. The van der Waals surface area contributed by atoms with E-state index in [1.54, 1.807) is 6.07 Å². The highest BCUT2D eigenvalue weighted by Crippen LogP contribution is 2.32. The fourth-order valence-electron chi connectivity index (χ4n) is 2.98. The standard InChI is InChI=1S/C23H31N3O2/c1-14(2)18-9-8-10-19(15(3)4)20(18)25-21(27)16-11-17(13-24-12-16)22(28)26-23(5,6)7/h8-15H,1-7H3,(H,25,27)(H,26,28).